The Morgan fingerprint density at radius 2 is 1.96 bits per heavy atom. The second-order valence-corrected chi connectivity index (χ2v) is 7.53. The molecule has 0 radical (unpaired) electrons. The van der Waals surface area contributed by atoms with Gasteiger partial charge in [0.05, 0.1) is 0 Å². The summed E-state index contributed by atoms with van der Waals surface area (Å²) in [7, 11) is 0. The van der Waals surface area contributed by atoms with Crippen molar-refractivity contribution in [1.82, 2.24) is 15.1 Å². The van der Waals surface area contributed by atoms with Crippen molar-refractivity contribution in [3.05, 3.63) is 35.9 Å². The van der Waals surface area contributed by atoms with E-state index in [9.17, 15) is 9.59 Å². The summed E-state index contributed by atoms with van der Waals surface area (Å²) in [6.07, 6.45) is 6.46. The summed E-state index contributed by atoms with van der Waals surface area (Å²) >= 11 is 0. The highest BCUT2D eigenvalue weighted by Gasteiger charge is 2.23. The van der Waals surface area contributed by atoms with Crippen molar-refractivity contribution >= 4 is 11.8 Å². The highest BCUT2D eigenvalue weighted by atomic mass is 16.2. The van der Waals surface area contributed by atoms with Gasteiger partial charge in [-0.3, -0.25) is 9.59 Å². The van der Waals surface area contributed by atoms with E-state index in [0.717, 1.165) is 58.3 Å². The van der Waals surface area contributed by atoms with Crippen molar-refractivity contribution in [3.63, 3.8) is 0 Å². The van der Waals surface area contributed by atoms with E-state index in [0.29, 0.717) is 19.4 Å². The fourth-order valence-corrected chi connectivity index (χ4v) is 4.00. The summed E-state index contributed by atoms with van der Waals surface area (Å²) in [5, 5.41) is 3.18. The van der Waals surface area contributed by atoms with Crippen molar-refractivity contribution in [2.45, 2.75) is 51.0 Å². The minimum absolute atomic E-state index is 0.0841. The van der Waals surface area contributed by atoms with Gasteiger partial charge in [0.15, 0.2) is 0 Å². The van der Waals surface area contributed by atoms with E-state index in [1.165, 1.54) is 5.56 Å². The summed E-state index contributed by atoms with van der Waals surface area (Å²) in [5.74, 6) is 0.279. The number of hydrogen-bond acceptors (Lipinski definition) is 3. The zero-order valence-corrected chi connectivity index (χ0v) is 15.7. The molecule has 1 N–H and O–H groups in total. The number of likely N-dealkylation sites (tertiary alicyclic amines) is 2. The lowest BCUT2D eigenvalue weighted by Gasteiger charge is -2.33. The smallest absolute Gasteiger partial charge is 0.222 e. The largest absolute Gasteiger partial charge is 0.352 e. The number of hydrogen-bond donors (Lipinski definition) is 1. The van der Waals surface area contributed by atoms with Gasteiger partial charge in [0.25, 0.3) is 0 Å². The minimum Gasteiger partial charge on any atom is -0.352 e. The minimum atomic E-state index is 0.0841. The van der Waals surface area contributed by atoms with Crippen LogP contribution in [0.4, 0.5) is 0 Å². The highest BCUT2D eigenvalue weighted by molar-refractivity contribution is 5.80. The first kappa shape index (κ1) is 18.9. The summed E-state index contributed by atoms with van der Waals surface area (Å²) in [5.41, 5.74) is 1.39. The molecule has 2 heterocycles. The van der Waals surface area contributed by atoms with Crippen LogP contribution in [0.2, 0.25) is 0 Å². The number of nitrogens with one attached hydrogen (secondary N) is 1. The van der Waals surface area contributed by atoms with Gasteiger partial charge in [0.2, 0.25) is 11.8 Å². The molecule has 3 rings (SSSR count). The Morgan fingerprint density at radius 1 is 1.12 bits per heavy atom. The predicted molar refractivity (Wildman–Crippen MR) is 103 cm³/mol. The summed E-state index contributed by atoms with van der Waals surface area (Å²) in [6.45, 7) is 4.54. The molecule has 2 saturated heterocycles. The number of carbonyl (C=O) groups excluding carboxylic acids is 2. The molecule has 0 bridgehead atoms. The molecule has 0 aliphatic carbocycles. The molecule has 1 atom stereocenters. The van der Waals surface area contributed by atoms with Crippen LogP contribution in [0, 0.1) is 0 Å². The van der Waals surface area contributed by atoms with Gasteiger partial charge in [-0.1, -0.05) is 30.3 Å². The normalized spacial score (nSPS) is 21.2. The average molecular weight is 357 g/mol. The zero-order chi connectivity index (χ0) is 18.2. The Labute approximate surface area is 156 Å². The van der Waals surface area contributed by atoms with E-state index >= 15 is 0 Å². The number of amides is 2. The lowest BCUT2D eigenvalue weighted by molar-refractivity contribution is -0.128. The Hall–Kier alpha value is -1.88. The molecular weight excluding hydrogens is 326 g/mol. The maximum absolute atomic E-state index is 12.2. The maximum atomic E-state index is 12.2. The van der Waals surface area contributed by atoms with Gasteiger partial charge in [0.1, 0.15) is 0 Å². The Bertz CT molecular complexity index is 590. The molecule has 142 valence electrons. The van der Waals surface area contributed by atoms with E-state index in [-0.39, 0.29) is 17.9 Å². The van der Waals surface area contributed by atoms with E-state index in [1.807, 2.05) is 4.90 Å². The molecule has 1 aromatic rings. The number of benzene rings is 1. The first-order valence-corrected chi connectivity index (χ1v) is 10.0. The van der Waals surface area contributed by atoms with Gasteiger partial charge in [-0.15, -0.1) is 0 Å². The van der Waals surface area contributed by atoms with Gasteiger partial charge in [0, 0.05) is 38.5 Å². The molecule has 2 aliphatic rings. The molecule has 0 spiro atoms. The first-order chi connectivity index (χ1) is 12.7. The van der Waals surface area contributed by atoms with Crippen molar-refractivity contribution in [2.75, 3.05) is 32.7 Å². The third kappa shape index (κ3) is 5.84. The van der Waals surface area contributed by atoms with Crippen LogP contribution >= 0.6 is 0 Å². The van der Waals surface area contributed by atoms with E-state index < -0.39 is 0 Å². The first-order valence-electron chi connectivity index (χ1n) is 10.0. The van der Waals surface area contributed by atoms with Gasteiger partial charge in [-0.25, -0.2) is 0 Å². The monoisotopic (exact) mass is 357 g/mol. The zero-order valence-electron chi connectivity index (χ0n) is 15.7. The molecule has 1 aromatic carbocycles. The number of piperidine rings is 1. The van der Waals surface area contributed by atoms with Gasteiger partial charge in [-0.05, 0) is 50.8 Å². The van der Waals surface area contributed by atoms with E-state index in [1.54, 1.807) is 0 Å². The van der Waals surface area contributed by atoms with Gasteiger partial charge >= 0.3 is 0 Å². The second kappa shape index (κ2) is 9.72. The maximum Gasteiger partial charge on any atom is 0.222 e. The van der Waals surface area contributed by atoms with Gasteiger partial charge < -0.3 is 15.1 Å². The topological polar surface area (TPSA) is 52.7 Å². The molecular formula is C21H31N3O2. The standard InChI is InChI=1S/C21H31N3O2/c25-20(12-16-24-15-6-11-21(24)26)22-19-10-5-14-23(17-19)13-4-9-18-7-2-1-3-8-18/h1-3,7-8,19H,4-6,9-17H2,(H,22,25)/t19-/m1/s1. The van der Waals surface area contributed by atoms with Crippen molar-refractivity contribution in [3.8, 4) is 0 Å². The molecule has 2 aliphatic heterocycles. The van der Waals surface area contributed by atoms with Crippen LogP contribution in [0.1, 0.15) is 44.1 Å². The van der Waals surface area contributed by atoms with Gasteiger partial charge in [-0.2, -0.15) is 0 Å². The quantitative estimate of drug-likeness (QED) is 0.776. The predicted octanol–water partition coefficient (Wildman–Crippen LogP) is 2.21. The highest BCUT2D eigenvalue weighted by Crippen LogP contribution is 2.13. The molecule has 2 amide bonds. The van der Waals surface area contributed by atoms with Crippen molar-refractivity contribution in [1.29, 1.82) is 0 Å². The van der Waals surface area contributed by atoms with Crippen LogP contribution in [-0.4, -0.2) is 60.4 Å². The number of aryl methyl sites for hydroxylation is 1. The molecule has 2 fully saturated rings. The Morgan fingerprint density at radius 3 is 2.73 bits per heavy atom. The molecule has 5 nitrogen and oxygen atoms in total. The summed E-state index contributed by atoms with van der Waals surface area (Å²) < 4.78 is 0. The van der Waals surface area contributed by atoms with E-state index in [2.05, 4.69) is 40.5 Å². The fourth-order valence-electron chi connectivity index (χ4n) is 4.00. The lowest BCUT2D eigenvalue weighted by atomic mass is 10.0. The van der Waals surface area contributed by atoms with Crippen LogP contribution in [0.3, 0.4) is 0 Å². The Balaban J connectivity index is 1.33. The fraction of sp³-hybridized carbons (Fsp3) is 0.619. The molecule has 0 unspecified atom stereocenters. The number of nitrogens with zero attached hydrogens (tertiary/aromatic N) is 2. The molecule has 0 saturated carbocycles. The van der Waals surface area contributed by atoms with Crippen LogP contribution in [-0.2, 0) is 16.0 Å². The van der Waals surface area contributed by atoms with Crippen molar-refractivity contribution < 1.29 is 9.59 Å². The summed E-state index contributed by atoms with van der Waals surface area (Å²) in [4.78, 5) is 28.1. The second-order valence-electron chi connectivity index (χ2n) is 7.53. The Kier molecular flexibility index (Phi) is 7.06. The molecule has 26 heavy (non-hydrogen) atoms. The van der Waals surface area contributed by atoms with E-state index in [4.69, 9.17) is 0 Å². The van der Waals surface area contributed by atoms with Crippen LogP contribution in [0.15, 0.2) is 30.3 Å². The third-order valence-corrected chi connectivity index (χ3v) is 5.43. The van der Waals surface area contributed by atoms with Crippen LogP contribution < -0.4 is 5.32 Å². The van der Waals surface area contributed by atoms with Crippen molar-refractivity contribution in [2.24, 2.45) is 0 Å². The average Bonchev–Trinajstić information content (AvgIpc) is 3.06. The molecule has 0 aromatic heterocycles. The summed E-state index contributed by atoms with van der Waals surface area (Å²) in [6, 6.07) is 10.9. The molecule has 5 heteroatoms. The van der Waals surface area contributed by atoms with Crippen LogP contribution in [0.25, 0.3) is 0 Å². The SMILES string of the molecule is O=C(CCN1CCCC1=O)N[C@@H]1CCCN(CCCc2ccccc2)C1. The third-order valence-electron chi connectivity index (χ3n) is 5.43. The van der Waals surface area contributed by atoms with Crippen LogP contribution in [0.5, 0.6) is 0 Å². The number of carbonyl (C=O) groups is 2. The number of rotatable bonds is 8. The lowest BCUT2D eigenvalue weighted by Crippen LogP contribution is -2.48.